The Kier molecular flexibility index (Phi) is 8.48. The summed E-state index contributed by atoms with van der Waals surface area (Å²) in [5, 5.41) is 44.4. The van der Waals surface area contributed by atoms with Crippen LogP contribution in [-0.4, -0.2) is 77.3 Å². The van der Waals surface area contributed by atoms with Crippen molar-refractivity contribution >= 4 is 22.9 Å². The van der Waals surface area contributed by atoms with Crippen molar-refractivity contribution in [1.29, 1.82) is 0 Å². The van der Waals surface area contributed by atoms with E-state index in [9.17, 15) is 19.8 Å². The van der Waals surface area contributed by atoms with Gasteiger partial charge in [0.15, 0.2) is 0 Å². The number of phenols is 2. The number of benzene rings is 2. The molecular formula is C29H35N9O4. The predicted molar refractivity (Wildman–Crippen MR) is 156 cm³/mol. The monoisotopic (exact) mass is 573 g/mol. The molecule has 13 nitrogen and oxygen atoms in total. The van der Waals surface area contributed by atoms with Crippen LogP contribution in [0.2, 0.25) is 0 Å². The van der Waals surface area contributed by atoms with Crippen LogP contribution in [0.1, 0.15) is 69.4 Å². The lowest BCUT2D eigenvalue weighted by Crippen LogP contribution is -2.24. The fraction of sp³-hybridized carbons (Fsp3) is 0.379. The molecule has 0 atom stereocenters. The van der Waals surface area contributed by atoms with Crippen LogP contribution in [0.3, 0.4) is 0 Å². The highest BCUT2D eigenvalue weighted by molar-refractivity contribution is 6.33. The highest BCUT2D eigenvalue weighted by Crippen LogP contribution is 2.42. The minimum absolute atomic E-state index is 0.000933. The van der Waals surface area contributed by atoms with Gasteiger partial charge in [-0.05, 0) is 57.7 Å². The van der Waals surface area contributed by atoms with Crippen LogP contribution in [0, 0.1) is 0 Å². The Balaban J connectivity index is 1.37. The summed E-state index contributed by atoms with van der Waals surface area (Å²) in [5.41, 5.74) is 1.75. The van der Waals surface area contributed by atoms with E-state index in [4.69, 9.17) is 0 Å². The van der Waals surface area contributed by atoms with Crippen molar-refractivity contribution < 1.29 is 19.8 Å². The smallest absolute Gasteiger partial charge is 0.200 e. The summed E-state index contributed by atoms with van der Waals surface area (Å²) < 4.78 is 3.52. The normalized spacial score (nSPS) is 12.5. The summed E-state index contributed by atoms with van der Waals surface area (Å²) in [7, 11) is 4.03. The summed E-state index contributed by atoms with van der Waals surface area (Å²) in [6.07, 6.45) is 6.58. The van der Waals surface area contributed by atoms with Gasteiger partial charge in [-0.15, -0.1) is 10.2 Å². The Morgan fingerprint density at radius 3 is 1.67 bits per heavy atom. The summed E-state index contributed by atoms with van der Waals surface area (Å²) >= 11 is 0. The summed E-state index contributed by atoms with van der Waals surface area (Å²) in [6, 6.07) is 5.82. The Morgan fingerprint density at radius 2 is 1.21 bits per heavy atom. The molecule has 0 radical (unpaired) electrons. The number of fused-ring (bicyclic) bond motifs is 2. The van der Waals surface area contributed by atoms with Crippen LogP contribution in [0.4, 0.5) is 11.4 Å². The number of carbonyl (C=O) groups is 2. The van der Waals surface area contributed by atoms with Gasteiger partial charge in [0.25, 0.3) is 0 Å². The number of rotatable bonds is 13. The summed E-state index contributed by atoms with van der Waals surface area (Å²) in [4.78, 5) is 29.7. The molecule has 0 saturated carbocycles. The molecule has 0 aliphatic heterocycles. The van der Waals surface area contributed by atoms with Gasteiger partial charge in [-0.3, -0.25) is 19.0 Å². The SMILES string of the molecule is CCCCn1cc(CNc2ccc(O)c3c2C(=O)c2c(O)ccc(NCc4cn(CCCN(C)C)nn4)c2C3=O)nn1. The van der Waals surface area contributed by atoms with Gasteiger partial charge in [-0.25, -0.2) is 0 Å². The van der Waals surface area contributed by atoms with Crippen LogP contribution in [-0.2, 0) is 26.2 Å². The standard InChI is InChI=1S/C29H35N9O4/c1-4-5-12-37-16-18(32-34-37)14-30-20-7-9-22(39)26-24(20)28(41)27-23(40)10-8-21(25(27)29(26)42)31-15-19-17-38(35-33-19)13-6-11-36(2)3/h7-10,16-17,30-31,39-40H,4-6,11-15H2,1-3H3. The lowest BCUT2D eigenvalue weighted by Gasteiger charge is -2.24. The number of carbonyl (C=O) groups excluding carboxylic acids is 2. The lowest BCUT2D eigenvalue weighted by molar-refractivity contribution is 0.0975. The maximum atomic E-state index is 13.8. The fourth-order valence-corrected chi connectivity index (χ4v) is 4.96. The lowest BCUT2D eigenvalue weighted by atomic mass is 9.81. The molecule has 2 aromatic carbocycles. The third-order valence-electron chi connectivity index (χ3n) is 7.10. The average molecular weight is 574 g/mol. The number of nitrogens with one attached hydrogen (secondary N) is 2. The van der Waals surface area contributed by atoms with Crippen molar-refractivity contribution in [2.45, 2.75) is 52.4 Å². The molecule has 220 valence electrons. The maximum Gasteiger partial charge on any atom is 0.200 e. The van der Waals surface area contributed by atoms with Crippen molar-refractivity contribution in [1.82, 2.24) is 34.9 Å². The van der Waals surface area contributed by atoms with Gasteiger partial charge in [0.1, 0.15) is 22.9 Å². The molecule has 13 heteroatoms. The quantitative estimate of drug-likeness (QED) is 0.153. The molecule has 0 unspecified atom stereocenters. The zero-order chi connectivity index (χ0) is 29.8. The molecule has 2 aromatic heterocycles. The van der Waals surface area contributed by atoms with Crippen LogP contribution >= 0.6 is 0 Å². The van der Waals surface area contributed by atoms with E-state index < -0.39 is 11.6 Å². The molecule has 1 aliphatic carbocycles. The summed E-state index contributed by atoms with van der Waals surface area (Å²) in [5.74, 6) is -1.78. The first-order valence-electron chi connectivity index (χ1n) is 14.0. The van der Waals surface area contributed by atoms with Gasteiger partial charge >= 0.3 is 0 Å². The molecule has 4 N–H and O–H groups in total. The Hall–Kier alpha value is -4.78. The van der Waals surface area contributed by atoms with E-state index in [1.54, 1.807) is 9.36 Å². The highest BCUT2D eigenvalue weighted by Gasteiger charge is 2.38. The number of aromatic nitrogens is 6. The number of unbranched alkanes of at least 4 members (excludes halogenated alkanes) is 1. The predicted octanol–water partition coefficient (Wildman–Crippen LogP) is 3.03. The molecule has 42 heavy (non-hydrogen) atoms. The first-order valence-corrected chi connectivity index (χ1v) is 14.0. The van der Waals surface area contributed by atoms with E-state index in [0.29, 0.717) is 22.8 Å². The second-order valence-corrected chi connectivity index (χ2v) is 10.6. The molecule has 0 amide bonds. The van der Waals surface area contributed by atoms with Gasteiger partial charge in [0.05, 0.1) is 47.7 Å². The van der Waals surface area contributed by atoms with Crippen molar-refractivity contribution in [3.05, 3.63) is 70.3 Å². The zero-order valence-corrected chi connectivity index (χ0v) is 24.0. The van der Waals surface area contributed by atoms with E-state index >= 15 is 0 Å². The van der Waals surface area contributed by atoms with E-state index in [1.807, 2.05) is 26.5 Å². The number of aryl methyl sites for hydroxylation is 2. The first-order chi connectivity index (χ1) is 20.3. The van der Waals surface area contributed by atoms with Crippen molar-refractivity contribution in [2.75, 3.05) is 31.3 Å². The third kappa shape index (κ3) is 5.96. The summed E-state index contributed by atoms with van der Waals surface area (Å²) in [6.45, 7) is 4.99. The van der Waals surface area contributed by atoms with Gasteiger partial charge < -0.3 is 25.7 Å². The number of aromatic hydroxyl groups is 2. The van der Waals surface area contributed by atoms with E-state index in [0.717, 1.165) is 38.9 Å². The van der Waals surface area contributed by atoms with Crippen molar-refractivity contribution in [2.24, 2.45) is 0 Å². The van der Waals surface area contributed by atoms with Crippen LogP contribution in [0.15, 0.2) is 36.7 Å². The highest BCUT2D eigenvalue weighted by atomic mass is 16.3. The van der Waals surface area contributed by atoms with Gasteiger partial charge in [-0.2, -0.15) is 0 Å². The molecule has 0 bridgehead atoms. The van der Waals surface area contributed by atoms with Gasteiger partial charge in [-0.1, -0.05) is 23.8 Å². The molecule has 1 aliphatic rings. The van der Waals surface area contributed by atoms with Crippen molar-refractivity contribution in [3.8, 4) is 11.5 Å². The topological polar surface area (TPSA) is 163 Å². The molecular weight excluding hydrogens is 538 g/mol. The molecule has 5 rings (SSSR count). The largest absolute Gasteiger partial charge is 0.507 e. The molecule has 0 spiro atoms. The molecule has 0 saturated heterocycles. The maximum absolute atomic E-state index is 13.8. The first kappa shape index (κ1) is 28.7. The minimum atomic E-state index is -0.572. The Morgan fingerprint density at radius 1 is 0.738 bits per heavy atom. The molecule has 2 heterocycles. The number of hydrogen-bond acceptors (Lipinski definition) is 11. The van der Waals surface area contributed by atoms with Gasteiger partial charge in [0.2, 0.25) is 11.6 Å². The van der Waals surface area contributed by atoms with E-state index in [2.05, 4.69) is 43.1 Å². The number of nitrogens with zero attached hydrogens (tertiary/aromatic N) is 7. The van der Waals surface area contributed by atoms with Crippen LogP contribution in [0.25, 0.3) is 0 Å². The van der Waals surface area contributed by atoms with Crippen molar-refractivity contribution in [3.63, 3.8) is 0 Å². The van der Waals surface area contributed by atoms with E-state index in [1.165, 1.54) is 24.3 Å². The second kappa shape index (κ2) is 12.4. The van der Waals surface area contributed by atoms with Crippen LogP contribution in [0.5, 0.6) is 11.5 Å². The second-order valence-electron chi connectivity index (χ2n) is 10.6. The van der Waals surface area contributed by atoms with E-state index in [-0.39, 0.29) is 46.8 Å². The number of phenolic OH excluding ortho intramolecular Hbond substituents is 2. The Bertz CT molecular complexity index is 1610. The molecule has 0 fully saturated rings. The average Bonchev–Trinajstić information content (AvgIpc) is 3.62. The zero-order valence-electron chi connectivity index (χ0n) is 24.0. The number of anilines is 2. The Labute approximate surface area is 243 Å². The number of hydrogen-bond donors (Lipinski definition) is 4. The third-order valence-corrected chi connectivity index (χ3v) is 7.10. The minimum Gasteiger partial charge on any atom is -0.507 e. The van der Waals surface area contributed by atoms with Crippen LogP contribution < -0.4 is 10.6 Å². The fourth-order valence-electron chi connectivity index (χ4n) is 4.96. The van der Waals surface area contributed by atoms with Gasteiger partial charge in [0, 0.05) is 24.5 Å². The number of ketones is 2. The molecule has 4 aromatic rings.